The van der Waals surface area contributed by atoms with Crippen molar-refractivity contribution < 1.29 is 33.5 Å². The van der Waals surface area contributed by atoms with Crippen molar-refractivity contribution in [3.63, 3.8) is 0 Å². The molecule has 0 unspecified atom stereocenters. The number of carbonyl (C=O) groups excluding carboxylic acids is 4. The molecule has 2 amide bonds. The summed E-state index contributed by atoms with van der Waals surface area (Å²) in [6.45, 7) is 9.42. The van der Waals surface area contributed by atoms with Crippen LogP contribution in [0.5, 0.6) is 0 Å². The van der Waals surface area contributed by atoms with Gasteiger partial charge >= 0.3 is 12.1 Å². The quantitative estimate of drug-likeness (QED) is 0.269. The van der Waals surface area contributed by atoms with Crippen molar-refractivity contribution in [2.24, 2.45) is 5.16 Å². The van der Waals surface area contributed by atoms with E-state index in [0.29, 0.717) is 6.29 Å². The molecule has 0 aliphatic rings. The van der Waals surface area contributed by atoms with Crippen molar-refractivity contribution >= 4 is 46.4 Å². The Bertz CT molecular complexity index is 827. The molecule has 12 heteroatoms. The van der Waals surface area contributed by atoms with Gasteiger partial charge in [0.2, 0.25) is 5.60 Å². The highest BCUT2D eigenvalue weighted by atomic mass is 32.1. The lowest BCUT2D eigenvalue weighted by Gasteiger charge is -2.19. The molecule has 0 saturated heterocycles. The molecule has 1 aromatic heterocycles. The van der Waals surface area contributed by atoms with Crippen molar-refractivity contribution in [1.82, 2.24) is 10.3 Å². The first kappa shape index (κ1) is 25.0. The van der Waals surface area contributed by atoms with Crippen LogP contribution in [0.25, 0.3) is 0 Å². The molecule has 0 aliphatic heterocycles. The summed E-state index contributed by atoms with van der Waals surface area (Å²) in [6, 6.07) is -0.797. The summed E-state index contributed by atoms with van der Waals surface area (Å²) in [4.78, 5) is 56.4. The Morgan fingerprint density at radius 1 is 1.23 bits per heavy atom. The van der Waals surface area contributed by atoms with Gasteiger partial charge < -0.3 is 24.4 Å². The molecule has 30 heavy (non-hydrogen) atoms. The average molecular weight is 442 g/mol. The van der Waals surface area contributed by atoms with Gasteiger partial charge in [-0.2, -0.15) is 0 Å². The molecule has 0 aliphatic carbocycles. The lowest BCUT2D eigenvalue weighted by atomic mass is 10.1. The monoisotopic (exact) mass is 442 g/mol. The Balaban J connectivity index is 3.14. The zero-order valence-electron chi connectivity index (χ0n) is 17.9. The fraction of sp³-hybridized carbons (Fsp3) is 0.556. The summed E-state index contributed by atoms with van der Waals surface area (Å²) < 4.78 is 9.78. The minimum Gasteiger partial charge on any atom is -0.466 e. The van der Waals surface area contributed by atoms with Crippen molar-refractivity contribution in [2.45, 2.75) is 58.8 Å². The zero-order valence-corrected chi connectivity index (χ0v) is 18.7. The van der Waals surface area contributed by atoms with Crippen molar-refractivity contribution in [1.29, 1.82) is 0 Å². The van der Waals surface area contributed by atoms with Crippen LogP contribution in [0, 0.1) is 0 Å². The molecule has 11 nitrogen and oxygen atoms in total. The summed E-state index contributed by atoms with van der Waals surface area (Å²) in [5, 5.41) is 10.2. The maximum absolute atomic E-state index is 12.5. The lowest BCUT2D eigenvalue weighted by Crippen LogP contribution is -2.40. The van der Waals surface area contributed by atoms with Gasteiger partial charge in [-0.25, -0.2) is 14.6 Å². The third-order valence-electron chi connectivity index (χ3n) is 3.17. The van der Waals surface area contributed by atoms with Gasteiger partial charge in [0, 0.05) is 5.38 Å². The van der Waals surface area contributed by atoms with Crippen LogP contribution in [0.15, 0.2) is 10.5 Å². The molecular formula is C18H26N4O7S. The Kier molecular flexibility index (Phi) is 8.46. The standard InChI is InChI=1S/C18H26N4O7S/c1-10(8-23)19-13(24)12(22-29-18(5,6)14(25)27-7)11-9-30-15(20-11)21-16(26)28-17(2,3)4/h8-10H,1-7H3,(H,19,24)(H,20,21,26)/b22-12-/t10-/m0/s1. The van der Waals surface area contributed by atoms with E-state index in [2.05, 4.69) is 25.5 Å². The number of nitrogens with one attached hydrogen (secondary N) is 2. The summed E-state index contributed by atoms with van der Waals surface area (Å²) in [5.41, 5.74) is -2.42. The molecule has 1 rings (SSSR count). The van der Waals surface area contributed by atoms with Crippen LogP contribution in [0.2, 0.25) is 0 Å². The Morgan fingerprint density at radius 3 is 2.40 bits per heavy atom. The van der Waals surface area contributed by atoms with Crippen LogP contribution in [0.4, 0.5) is 9.93 Å². The zero-order chi connectivity index (χ0) is 23.1. The number of ether oxygens (including phenoxy) is 2. The Morgan fingerprint density at radius 2 is 1.87 bits per heavy atom. The topological polar surface area (TPSA) is 145 Å². The van der Waals surface area contributed by atoms with E-state index in [9.17, 15) is 19.2 Å². The molecule has 1 aromatic rings. The van der Waals surface area contributed by atoms with Gasteiger partial charge in [0.25, 0.3) is 5.91 Å². The molecule has 1 heterocycles. The predicted octanol–water partition coefficient (Wildman–Crippen LogP) is 1.87. The second-order valence-corrected chi connectivity index (χ2v) is 8.45. The third-order valence-corrected chi connectivity index (χ3v) is 3.93. The summed E-state index contributed by atoms with van der Waals surface area (Å²) in [7, 11) is 1.19. The maximum Gasteiger partial charge on any atom is 0.413 e. The van der Waals surface area contributed by atoms with E-state index in [0.717, 1.165) is 11.3 Å². The minimum atomic E-state index is -1.48. The smallest absolute Gasteiger partial charge is 0.413 e. The molecule has 0 fully saturated rings. The van der Waals surface area contributed by atoms with Crippen LogP contribution in [0.1, 0.15) is 47.2 Å². The molecular weight excluding hydrogens is 416 g/mol. The first-order chi connectivity index (χ1) is 13.8. The van der Waals surface area contributed by atoms with Gasteiger partial charge in [-0.3, -0.25) is 10.1 Å². The highest BCUT2D eigenvalue weighted by Gasteiger charge is 2.32. The number of aldehydes is 1. The average Bonchev–Trinajstić information content (AvgIpc) is 3.06. The van der Waals surface area contributed by atoms with Crippen LogP contribution >= 0.6 is 11.3 Å². The number of thiazole rings is 1. The van der Waals surface area contributed by atoms with E-state index >= 15 is 0 Å². The van der Waals surface area contributed by atoms with E-state index in [1.807, 2.05) is 0 Å². The molecule has 1 atom stereocenters. The second-order valence-electron chi connectivity index (χ2n) is 7.60. The van der Waals surface area contributed by atoms with Gasteiger partial charge in [-0.15, -0.1) is 11.3 Å². The summed E-state index contributed by atoms with van der Waals surface area (Å²) >= 11 is 1.02. The maximum atomic E-state index is 12.5. The normalized spacial score (nSPS) is 13.1. The molecule has 2 N–H and O–H groups in total. The number of rotatable bonds is 8. The molecule has 166 valence electrons. The SMILES string of the molecule is COC(=O)C(C)(C)O/N=C(\C(=O)N[C@@H](C)C=O)c1csc(NC(=O)OC(C)(C)C)n1. The van der Waals surface area contributed by atoms with E-state index in [-0.39, 0.29) is 16.5 Å². The molecule has 0 spiro atoms. The number of nitrogens with zero attached hydrogens (tertiary/aromatic N) is 2. The van der Waals surface area contributed by atoms with Gasteiger partial charge in [-0.1, -0.05) is 5.16 Å². The number of amides is 2. The fourth-order valence-corrected chi connectivity index (χ4v) is 2.47. The molecule has 0 bridgehead atoms. The van der Waals surface area contributed by atoms with E-state index in [1.165, 1.54) is 33.3 Å². The van der Waals surface area contributed by atoms with E-state index in [1.54, 1.807) is 20.8 Å². The predicted molar refractivity (Wildman–Crippen MR) is 109 cm³/mol. The van der Waals surface area contributed by atoms with Gasteiger partial charge in [0.05, 0.1) is 13.2 Å². The van der Waals surface area contributed by atoms with Gasteiger partial charge in [0.15, 0.2) is 10.8 Å². The number of oxime groups is 1. The lowest BCUT2D eigenvalue weighted by molar-refractivity contribution is -0.165. The number of anilines is 1. The number of hydrogen-bond acceptors (Lipinski definition) is 10. The molecule has 0 aromatic carbocycles. The van der Waals surface area contributed by atoms with E-state index in [4.69, 9.17) is 9.57 Å². The highest BCUT2D eigenvalue weighted by molar-refractivity contribution is 7.14. The largest absolute Gasteiger partial charge is 0.466 e. The van der Waals surface area contributed by atoms with Crippen LogP contribution in [-0.2, 0) is 28.7 Å². The number of aromatic nitrogens is 1. The van der Waals surface area contributed by atoms with Crippen molar-refractivity contribution in [3.05, 3.63) is 11.1 Å². The summed E-state index contributed by atoms with van der Waals surface area (Å²) in [5.74, 6) is -1.47. The highest BCUT2D eigenvalue weighted by Crippen LogP contribution is 2.19. The van der Waals surface area contributed by atoms with Gasteiger partial charge in [-0.05, 0) is 41.5 Å². The van der Waals surface area contributed by atoms with Crippen LogP contribution in [-0.4, -0.2) is 59.3 Å². The second kappa shape index (κ2) is 10.1. The number of esters is 1. The minimum absolute atomic E-state index is 0.0577. The van der Waals surface area contributed by atoms with Crippen LogP contribution in [0.3, 0.4) is 0 Å². The van der Waals surface area contributed by atoms with Crippen LogP contribution < -0.4 is 10.6 Å². The van der Waals surface area contributed by atoms with E-state index < -0.39 is 35.2 Å². The fourth-order valence-electron chi connectivity index (χ4n) is 1.79. The number of hydrogen-bond donors (Lipinski definition) is 2. The number of carbonyl (C=O) groups is 4. The van der Waals surface area contributed by atoms with Crippen molar-refractivity contribution in [3.8, 4) is 0 Å². The van der Waals surface area contributed by atoms with Gasteiger partial charge in [0.1, 0.15) is 17.6 Å². The van der Waals surface area contributed by atoms with Crippen molar-refractivity contribution in [2.75, 3.05) is 12.4 Å². The molecule has 0 radical (unpaired) electrons. The Labute approximate surface area is 178 Å². The first-order valence-corrected chi connectivity index (χ1v) is 9.73. The summed E-state index contributed by atoms with van der Waals surface area (Å²) in [6.07, 6.45) is -0.185. The Hall–Kier alpha value is -3.02. The number of methoxy groups -OCH3 is 1. The third kappa shape index (κ3) is 7.78. The molecule has 0 saturated carbocycles. The first-order valence-electron chi connectivity index (χ1n) is 8.85.